The van der Waals surface area contributed by atoms with E-state index >= 15 is 0 Å². The van der Waals surface area contributed by atoms with Crippen molar-refractivity contribution in [1.82, 2.24) is 9.55 Å². The molecule has 1 N–H and O–H groups in total. The molecule has 2 rings (SSSR count). The van der Waals surface area contributed by atoms with Crippen LogP contribution in [0.15, 0.2) is 6.20 Å². The van der Waals surface area contributed by atoms with E-state index in [4.69, 9.17) is 5.11 Å². The van der Waals surface area contributed by atoms with E-state index in [-0.39, 0.29) is 19.4 Å². The van der Waals surface area contributed by atoms with Gasteiger partial charge < -0.3 is 9.67 Å². The Balaban J connectivity index is 2.31. The summed E-state index contributed by atoms with van der Waals surface area (Å²) in [4.78, 5) is 14.0. The highest BCUT2D eigenvalue weighted by molar-refractivity contribution is 5.70. The highest BCUT2D eigenvalue weighted by Gasteiger charge is 2.39. The molecular formula is C9H9F3N2O2. The van der Waals surface area contributed by atoms with Crippen molar-refractivity contribution >= 4 is 5.97 Å². The molecule has 0 radical (unpaired) electrons. The van der Waals surface area contributed by atoms with Crippen LogP contribution in [0.5, 0.6) is 0 Å². The van der Waals surface area contributed by atoms with Crippen LogP contribution in [0.3, 0.4) is 0 Å². The summed E-state index contributed by atoms with van der Waals surface area (Å²) in [7, 11) is 0. The van der Waals surface area contributed by atoms with E-state index in [9.17, 15) is 18.0 Å². The number of carboxylic acids is 1. The van der Waals surface area contributed by atoms with Crippen LogP contribution in [0, 0.1) is 5.92 Å². The molecule has 1 atom stereocenters. The summed E-state index contributed by atoms with van der Waals surface area (Å²) in [6.45, 7) is 0.0567. The number of carbonyl (C=O) groups is 1. The summed E-state index contributed by atoms with van der Waals surface area (Å²) in [6, 6.07) is 0. The first kappa shape index (κ1) is 11.0. The van der Waals surface area contributed by atoms with Gasteiger partial charge in [-0.2, -0.15) is 13.2 Å². The van der Waals surface area contributed by atoms with Crippen LogP contribution in [0.2, 0.25) is 0 Å². The topological polar surface area (TPSA) is 55.1 Å². The third-order valence-electron chi connectivity index (χ3n) is 2.70. The number of fused-ring (bicyclic) bond motifs is 1. The van der Waals surface area contributed by atoms with E-state index in [1.165, 1.54) is 0 Å². The quantitative estimate of drug-likeness (QED) is 0.802. The maximum Gasteiger partial charge on any atom is 0.449 e. The molecule has 2 heterocycles. The number of rotatable bonds is 1. The fraction of sp³-hybridized carbons (Fsp3) is 0.556. The molecule has 0 spiro atoms. The summed E-state index contributed by atoms with van der Waals surface area (Å²) in [5, 5.41) is 8.78. The van der Waals surface area contributed by atoms with Crippen LogP contribution in [0.4, 0.5) is 13.2 Å². The van der Waals surface area contributed by atoms with Gasteiger partial charge >= 0.3 is 12.1 Å². The maximum atomic E-state index is 12.5. The van der Waals surface area contributed by atoms with Gasteiger partial charge in [-0.25, -0.2) is 4.98 Å². The number of imidazole rings is 1. The number of aliphatic carboxylic acids is 1. The molecule has 0 aliphatic carbocycles. The predicted octanol–water partition coefficient (Wildman–Crippen LogP) is 1.55. The molecule has 16 heavy (non-hydrogen) atoms. The van der Waals surface area contributed by atoms with Crippen molar-refractivity contribution in [3.63, 3.8) is 0 Å². The lowest BCUT2D eigenvalue weighted by molar-refractivity contribution is -0.148. The lowest BCUT2D eigenvalue weighted by Gasteiger charge is -2.22. The predicted molar refractivity (Wildman–Crippen MR) is 46.7 cm³/mol. The minimum Gasteiger partial charge on any atom is -0.481 e. The smallest absolute Gasteiger partial charge is 0.449 e. The number of halogens is 3. The second kappa shape index (κ2) is 3.50. The molecule has 1 aliphatic rings. The zero-order chi connectivity index (χ0) is 11.9. The SMILES string of the molecule is O=C(O)[C@H]1CCn2c(cnc2C(F)(F)F)C1. The van der Waals surface area contributed by atoms with Gasteiger partial charge in [-0.1, -0.05) is 0 Å². The van der Waals surface area contributed by atoms with Crippen LogP contribution in [-0.2, 0) is 23.9 Å². The Labute approximate surface area is 88.7 Å². The van der Waals surface area contributed by atoms with Crippen molar-refractivity contribution in [3.05, 3.63) is 17.7 Å². The van der Waals surface area contributed by atoms with Gasteiger partial charge in [0.2, 0.25) is 5.82 Å². The molecule has 0 amide bonds. The second-order valence-corrected chi connectivity index (χ2v) is 3.75. The van der Waals surface area contributed by atoms with E-state index in [1.54, 1.807) is 0 Å². The molecule has 1 aromatic heterocycles. The van der Waals surface area contributed by atoms with Crippen molar-refractivity contribution in [1.29, 1.82) is 0 Å². The van der Waals surface area contributed by atoms with Crippen LogP contribution in [0.1, 0.15) is 17.9 Å². The van der Waals surface area contributed by atoms with Crippen LogP contribution in [-0.4, -0.2) is 20.6 Å². The normalized spacial score (nSPS) is 20.6. The lowest BCUT2D eigenvalue weighted by Crippen LogP contribution is -2.27. The van der Waals surface area contributed by atoms with Gasteiger partial charge in [-0.05, 0) is 6.42 Å². The molecule has 0 unspecified atom stereocenters. The highest BCUT2D eigenvalue weighted by Crippen LogP contribution is 2.32. The van der Waals surface area contributed by atoms with Gasteiger partial charge in [-0.3, -0.25) is 4.79 Å². The number of carboxylic acid groups (broad SMARTS) is 1. The first-order chi connectivity index (χ1) is 7.39. The van der Waals surface area contributed by atoms with E-state index in [0.29, 0.717) is 5.69 Å². The van der Waals surface area contributed by atoms with E-state index in [2.05, 4.69) is 4.98 Å². The molecule has 7 heteroatoms. The Hall–Kier alpha value is -1.53. The van der Waals surface area contributed by atoms with Crippen molar-refractivity contribution < 1.29 is 23.1 Å². The first-order valence-corrected chi connectivity index (χ1v) is 4.74. The van der Waals surface area contributed by atoms with Gasteiger partial charge in [0.05, 0.1) is 5.92 Å². The molecule has 0 bridgehead atoms. The van der Waals surface area contributed by atoms with Crippen LogP contribution in [0.25, 0.3) is 0 Å². The molecule has 0 saturated carbocycles. The van der Waals surface area contributed by atoms with Gasteiger partial charge in [0.25, 0.3) is 0 Å². The minimum absolute atomic E-state index is 0.0567. The first-order valence-electron chi connectivity index (χ1n) is 4.74. The third kappa shape index (κ3) is 1.77. The Morgan fingerprint density at radius 1 is 1.56 bits per heavy atom. The summed E-state index contributed by atoms with van der Waals surface area (Å²) >= 11 is 0. The van der Waals surface area contributed by atoms with Crippen LogP contribution >= 0.6 is 0 Å². The van der Waals surface area contributed by atoms with E-state index in [1.807, 2.05) is 0 Å². The third-order valence-corrected chi connectivity index (χ3v) is 2.70. The number of hydrogen-bond acceptors (Lipinski definition) is 2. The van der Waals surface area contributed by atoms with Crippen LogP contribution < -0.4 is 0 Å². The summed E-state index contributed by atoms with van der Waals surface area (Å²) in [6.07, 6.45) is -3.05. The Morgan fingerprint density at radius 2 is 2.25 bits per heavy atom. The zero-order valence-electron chi connectivity index (χ0n) is 8.16. The Bertz CT molecular complexity index is 425. The van der Waals surface area contributed by atoms with Gasteiger partial charge in [-0.15, -0.1) is 0 Å². The van der Waals surface area contributed by atoms with Crippen molar-refractivity contribution in [2.45, 2.75) is 25.6 Å². The second-order valence-electron chi connectivity index (χ2n) is 3.75. The molecule has 1 aromatic rings. The Kier molecular flexibility index (Phi) is 2.40. The molecule has 1 aliphatic heterocycles. The summed E-state index contributed by atoms with van der Waals surface area (Å²) < 4.78 is 38.5. The Morgan fingerprint density at radius 3 is 2.81 bits per heavy atom. The monoisotopic (exact) mass is 234 g/mol. The number of alkyl halides is 3. The molecular weight excluding hydrogens is 225 g/mol. The molecule has 4 nitrogen and oxygen atoms in total. The fourth-order valence-electron chi connectivity index (χ4n) is 1.90. The maximum absolute atomic E-state index is 12.5. The molecule has 0 saturated heterocycles. The summed E-state index contributed by atoms with van der Waals surface area (Å²) in [5.74, 6) is -2.52. The van der Waals surface area contributed by atoms with Crippen molar-refractivity contribution in [3.8, 4) is 0 Å². The number of hydrogen-bond donors (Lipinski definition) is 1. The largest absolute Gasteiger partial charge is 0.481 e. The van der Waals surface area contributed by atoms with E-state index in [0.717, 1.165) is 10.8 Å². The van der Waals surface area contributed by atoms with Crippen molar-refractivity contribution in [2.75, 3.05) is 0 Å². The number of nitrogens with zero attached hydrogens (tertiary/aromatic N) is 2. The lowest BCUT2D eigenvalue weighted by atomic mass is 9.96. The summed E-state index contributed by atoms with van der Waals surface area (Å²) in [5.41, 5.74) is 0.339. The standard InChI is InChI=1S/C9H9F3N2O2/c10-9(11,12)8-13-4-6-3-5(7(15)16)1-2-14(6)8/h4-5H,1-3H2,(H,15,16)/t5-/m0/s1. The molecule has 88 valence electrons. The van der Waals surface area contributed by atoms with Gasteiger partial charge in [0.15, 0.2) is 0 Å². The van der Waals surface area contributed by atoms with Crippen molar-refractivity contribution in [2.24, 2.45) is 5.92 Å². The number of aromatic nitrogens is 2. The molecule has 0 aromatic carbocycles. The van der Waals surface area contributed by atoms with Gasteiger partial charge in [0, 0.05) is 24.9 Å². The highest BCUT2D eigenvalue weighted by atomic mass is 19.4. The average molecular weight is 234 g/mol. The van der Waals surface area contributed by atoms with Gasteiger partial charge in [0.1, 0.15) is 0 Å². The minimum atomic E-state index is -4.48. The fourth-order valence-corrected chi connectivity index (χ4v) is 1.90. The average Bonchev–Trinajstić information content (AvgIpc) is 2.58. The van der Waals surface area contributed by atoms with E-state index < -0.39 is 23.9 Å². The molecule has 0 fully saturated rings. The zero-order valence-corrected chi connectivity index (χ0v) is 8.16.